The van der Waals surface area contributed by atoms with E-state index >= 15 is 0 Å². The van der Waals surface area contributed by atoms with E-state index < -0.39 is 30.6 Å². The van der Waals surface area contributed by atoms with E-state index in [2.05, 4.69) is 0 Å². The Labute approximate surface area is 75.1 Å². The molecule has 78 valence electrons. The van der Waals surface area contributed by atoms with Gasteiger partial charge in [0.15, 0.2) is 0 Å². The van der Waals surface area contributed by atoms with Crippen LogP contribution in [0.1, 0.15) is 33.6 Å². The van der Waals surface area contributed by atoms with Crippen LogP contribution in [0.3, 0.4) is 0 Å². The van der Waals surface area contributed by atoms with Gasteiger partial charge in [0.05, 0.1) is 12.8 Å². The number of rotatable bonds is 2. The number of esters is 1. The van der Waals surface area contributed by atoms with Crippen LogP contribution in [0.5, 0.6) is 0 Å². The van der Waals surface area contributed by atoms with Crippen LogP contribution in [0.4, 0.5) is 13.2 Å². The minimum atomic E-state index is -4.29. The van der Waals surface area contributed by atoms with Gasteiger partial charge in [0.1, 0.15) is 5.60 Å². The number of halogens is 3. The molecular formula is C8H13F3O2. The average Bonchev–Trinajstić information content (AvgIpc) is 1.78. The van der Waals surface area contributed by atoms with Crippen LogP contribution < -0.4 is 0 Å². The largest absolute Gasteiger partial charge is 0.460 e. The molecule has 2 nitrogen and oxygen atoms in total. The molecule has 0 rings (SSSR count). The summed E-state index contributed by atoms with van der Waals surface area (Å²) in [6, 6.07) is 0. The maximum Gasteiger partial charge on any atom is 0.389 e. The summed E-state index contributed by atoms with van der Waals surface area (Å²) in [4.78, 5) is 10.8. The second-order valence-corrected chi connectivity index (χ2v) is 3.70. The Kier molecular flexibility index (Phi) is 3.75. The van der Waals surface area contributed by atoms with Crippen LogP contribution in [0.25, 0.3) is 0 Å². The van der Waals surface area contributed by atoms with E-state index in [1.54, 1.807) is 20.8 Å². The SMILES string of the molecule is CC(C)(C)OC(=O)CCC(F)(F)F. The van der Waals surface area contributed by atoms with Crippen LogP contribution in [-0.4, -0.2) is 17.7 Å². The minimum absolute atomic E-state index is 0.610. The Morgan fingerprint density at radius 3 is 2.00 bits per heavy atom. The van der Waals surface area contributed by atoms with Gasteiger partial charge in [-0.05, 0) is 20.8 Å². The number of carbonyl (C=O) groups is 1. The number of carbonyl (C=O) groups excluding carboxylic acids is 1. The Balaban J connectivity index is 3.78. The molecule has 0 heterocycles. The first-order valence-electron chi connectivity index (χ1n) is 3.89. The van der Waals surface area contributed by atoms with E-state index in [1.807, 2.05) is 0 Å². The molecule has 0 saturated carbocycles. The van der Waals surface area contributed by atoms with Crippen LogP contribution in [0.15, 0.2) is 0 Å². The number of ether oxygens (including phenoxy) is 1. The minimum Gasteiger partial charge on any atom is -0.460 e. The highest BCUT2D eigenvalue weighted by Crippen LogP contribution is 2.22. The molecule has 0 aliphatic carbocycles. The molecule has 0 unspecified atom stereocenters. The molecule has 0 N–H and O–H groups in total. The molecule has 0 aromatic heterocycles. The lowest BCUT2D eigenvalue weighted by molar-refractivity contribution is -0.165. The maximum atomic E-state index is 11.6. The first-order valence-corrected chi connectivity index (χ1v) is 3.89. The van der Waals surface area contributed by atoms with Crippen molar-refractivity contribution in [2.24, 2.45) is 0 Å². The molecule has 13 heavy (non-hydrogen) atoms. The normalized spacial score (nSPS) is 12.8. The zero-order valence-electron chi connectivity index (χ0n) is 7.86. The van der Waals surface area contributed by atoms with Gasteiger partial charge in [-0.3, -0.25) is 4.79 Å². The topological polar surface area (TPSA) is 26.3 Å². The van der Waals surface area contributed by atoms with Crippen molar-refractivity contribution in [2.75, 3.05) is 0 Å². The van der Waals surface area contributed by atoms with Gasteiger partial charge < -0.3 is 4.74 Å². The molecule has 0 aliphatic heterocycles. The van der Waals surface area contributed by atoms with Crippen LogP contribution in [0.2, 0.25) is 0 Å². The highest BCUT2D eigenvalue weighted by Gasteiger charge is 2.29. The van der Waals surface area contributed by atoms with Crippen molar-refractivity contribution in [1.82, 2.24) is 0 Å². The summed E-state index contributed by atoms with van der Waals surface area (Å²) >= 11 is 0. The predicted molar refractivity (Wildman–Crippen MR) is 41.1 cm³/mol. The molecule has 0 aromatic carbocycles. The summed E-state index contributed by atoms with van der Waals surface area (Å²) < 4.78 is 39.6. The Morgan fingerprint density at radius 2 is 1.69 bits per heavy atom. The molecule has 0 bridgehead atoms. The molecular weight excluding hydrogens is 185 g/mol. The fourth-order valence-electron chi connectivity index (χ4n) is 0.636. The maximum absolute atomic E-state index is 11.6. The van der Waals surface area contributed by atoms with Crippen molar-refractivity contribution in [3.05, 3.63) is 0 Å². The monoisotopic (exact) mass is 198 g/mol. The van der Waals surface area contributed by atoms with Gasteiger partial charge in [0, 0.05) is 0 Å². The van der Waals surface area contributed by atoms with Crippen molar-refractivity contribution >= 4 is 5.97 Å². The number of alkyl halides is 3. The highest BCUT2D eigenvalue weighted by molar-refractivity contribution is 5.69. The van der Waals surface area contributed by atoms with Gasteiger partial charge in [-0.1, -0.05) is 0 Å². The fraction of sp³-hybridized carbons (Fsp3) is 0.875. The number of hydrogen-bond donors (Lipinski definition) is 0. The third-order valence-corrected chi connectivity index (χ3v) is 1.03. The first-order chi connectivity index (χ1) is 5.60. The van der Waals surface area contributed by atoms with Crippen LogP contribution in [0, 0.1) is 0 Å². The van der Waals surface area contributed by atoms with Crippen molar-refractivity contribution < 1.29 is 22.7 Å². The van der Waals surface area contributed by atoms with Crippen LogP contribution >= 0.6 is 0 Å². The highest BCUT2D eigenvalue weighted by atomic mass is 19.4. The fourth-order valence-corrected chi connectivity index (χ4v) is 0.636. The van der Waals surface area contributed by atoms with Gasteiger partial charge in [-0.25, -0.2) is 0 Å². The molecule has 0 atom stereocenters. The van der Waals surface area contributed by atoms with E-state index in [0.717, 1.165) is 0 Å². The van der Waals surface area contributed by atoms with Crippen molar-refractivity contribution in [1.29, 1.82) is 0 Å². The molecule has 0 radical (unpaired) electrons. The lowest BCUT2D eigenvalue weighted by Gasteiger charge is -2.19. The van der Waals surface area contributed by atoms with E-state index in [1.165, 1.54) is 0 Å². The summed E-state index contributed by atoms with van der Waals surface area (Å²) in [7, 11) is 0. The smallest absolute Gasteiger partial charge is 0.389 e. The molecule has 0 aliphatic rings. The predicted octanol–water partition coefficient (Wildman–Crippen LogP) is 2.67. The van der Waals surface area contributed by atoms with Crippen molar-refractivity contribution in [3.8, 4) is 0 Å². The summed E-state index contributed by atoms with van der Waals surface area (Å²) in [5.74, 6) is -0.815. The second-order valence-electron chi connectivity index (χ2n) is 3.70. The van der Waals surface area contributed by atoms with Crippen molar-refractivity contribution in [2.45, 2.75) is 45.4 Å². The van der Waals surface area contributed by atoms with E-state index in [-0.39, 0.29) is 0 Å². The van der Waals surface area contributed by atoms with Gasteiger partial charge in [0.25, 0.3) is 0 Å². The molecule has 0 amide bonds. The molecule has 5 heteroatoms. The molecule has 0 aromatic rings. The third-order valence-electron chi connectivity index (χ3n) is 1.03. The third kappa shape index (κ3) is 9.17. The summed E-state index contributed by atoms with van der Waals surface area (Å²) in [6.45, 7) is 4.83. The summed E-state index contributed by atoms with van der Waals surface area (Å²) in [5, 5.41) is 0. The molecule has 0 spiro atoms. The quantitative estimate of drug-likeness (QED) is 0.637. The van der Waals surface area contributed by atoms with E-state index in [4.69, 9.17) is 4.74 Å². The second kappa shape index (κ2) is 3.98. The van der Waals surface area contributed by atoms with Crippen LogP contribution in [-0.2, 0) is 9.53 Å². The lowest BCUT2D eigenvalue weighted by atomic mass is 10.2. The average molecular weight is 198 g/mol. The van der Waals surface area contributed by atoms with Gasteiger partial charge in [-0.15, -0.1) is 0 Å². The zero-order valence-corrected chi connectivity index (χ0v) is 7.86. The summed E-state index contributed by atoms with van der Waals surface area (Å²) in [6.07, 6.45) is -6.03. The first kappa shape index (κ1) is 12.3. The number of hydrogen-bond acceptors (Lipinski definition) is 2. The van der Waals surface area contributed by atoms with Crippen molar-refractivity contribution in [3.63, 3.8) is 0 Å². The van der Waals surface area contributed by atoms with Gasteiger partial charge in [0.2, 0.25) is 0 Å². The lowest BCUT2D eigenvalue weighted by Crippen LogP contribution is -2.24. The summed E-state index contributed by atoms with van der Waals surface area (Å²) in [5.41, 5.74) is -0.720. The Bertz CT molecular complexity index is 179. The Hall–Kier alpha value is -0.740. The molecule has 0 fully saturated rings. The standard InChI is InChI=1S/C8H13F3O2/c1-7(2,3)13-6(12)4-5-8(9,10)11/h4-5H2,1-3H3. The molecule has 0 saturated heterocycles. The zero-order chi connectivity index (χ0) is 10.7. The van der Waals surface area contributed by atoms with Gasteiger partial charge in [-0.2, -0.15) is 13.2 Å². The Morgan fingerprint density at radius 1 is 1.23 bits per heavy atom. The van der Waals surface area contributed by atoms with Gasteiger partial charge >= 0.3 is 12.1 Å². The van der Waals surface area contributed by atoms with E-state index in [0.29, 0.717) is 0 Å². The van der Waals surface area contributed by atoms with E-state index in [9.17, 15) is 18.0 Å².